The average Bonchev–Trinajstić information content (AvgIpc) is 2.23. The van der Waals surface area contributed by atoms with Gasteiger partial charge < -0.3 is 0 Å². The van der Waals surface area contributed by atoms with Crippen LogP contribution in [0, 0.1) is 11.6 Å². The van der Waals surface area contributed by atoms with Gasteiger partial charge in [-0.15, -0.1) is 0 Å². The zero-order valence-corrected chi connectivity index (χ0v) is 9.11. The molecule has 1 aromatic carbocycles. The van der Waals surface area contributed by atoms with Crippen molar-refractivity contribution in [3.8, 4) is 0 Å². The topological polar surface area (TPSA) is 0 Å². The van der Waals surface area contributed by atoms with Crippen molar-refractivity contribution in [3.05, 3.63) is 35.4 Å². The van der Waals surface area contributed by atoms with Gasteiger partial charge >= 0.3 is 0 Å². The first-order valence-corrected chi connectivity index (χ1v) is 5.72. The second-order valence-corrected chi connectivity index (χ2v) is 4.62. The minimum absolute atomic E-state index is 0.0686. The third-order valence-corrected chi connectivity index (χ3v) is 3.27. The minimum atomic E-state index is -1.29. The van der Waals surface area contributed by atoms with Crippen LogP contribution in [0.1, 0.15) is 37.7 Å². The minimum Gasteiger partial charge on any atom is -0.244 e. The molecule has 3 heteroatoms. The Hall–Kier alpha value is -0.990. The quantitative estimate of drug-likeness (QED) is 0.712. The van der Waals surface area contributed by atoms with E-state index in [4.69, 9.17) is 0 Å². The molecular formula is C13H15F3. The molecule has 2 rings (SSSR count). The summed E-state index contributed by atoms with van der Waals surface area (Å²) in [6.45, 7) is 0. The number of halogens is 3. The van der Waals surface area contributed by atoms with E-state index in [2.05, 4.69) is 0 Å². The van der Waals surface area contributed by atoms with Gasteiger partial charge in [-0.25, -0.2) is 13.2 Å². The molecule has 1 aliphatic carbocycles. The van der Waals surface area contributed by atoms with E-state index in [1.807, 2.05) is 0 Å². The van der Waals surface area contributed by atoms with Gasteiger partial charge in [0, 0.05) is 12.5 Å². The Morgan fingerprint density at radius 2 is 1.75 bits per heavy atom. The summed E-state index contributed by atoms with van der Waals surface area (Å²) in [5, 5.41) is 0. The maximum absolute atomic E-state index is 14.3. The predicted octanol–water partition coefficient (Wildman–Crippen LogP) is 4.18. The van der Waals surface area contributed by atoms with Gasteiger partial charge in [-0.1, -0.05) is 25.3 Å². The standard InChI is InChI=1S/C13H15F3/c14-11-5-4-10(12(15)8-11)9-13(16)6-2-1-3-7-13/h4-5,8H,1-3,6-7,9H2. The fraction of sp³-hybridized carbons (Fsp3) is 0.538. The molecule has 1 aromatic rings. The van der Waals surface area contributed by atoms with Gasteiger partial charge in [0.2, 0.25) is 0 Å². The molecule has 88 valence electrons. The Labute approximate surface area is 93.5 Å². The summed E-state index contributed by atoms with van der Waals surface area (Å²) in [7, 11) is 0. The fourth-order valence-corrected chi connectivity index (χ4v) is 2.37. The van der Waals surface area contributed by atoms with Gasteiger partial charge in [-0.2, -0.15) is 0 Å². The van der Waals surface area contributed by atoms with Crippen molar-refractivity contribution in [3.63, 3.8) is 0 Å². The molecule has 16 heavy (non-hydrogen) atoms. The third-order valence-electron chi connectivity index (χ3n) is 3.27. The highest BCUT2D eigenvalue weighted by Gasteiger charge is 2.32. The third kappa shape index (κ3) is 2.57. The van der Waals surface area contributed by atoms with E-state index in [-0.39, 0.29) is 12.0 Å². The van der Waals surface area contributed by atoms with Crippen LogP contribution in [-0.4, -0.2) is 5.67 Å². The van der Waals surface area contributed by atoms with Crippen LogP contribution in [-0.2, 0) is 6.42 Å². The molecule has 0 saturated heterocycles. The van der Waals surface area contributed by atoms with Crippen molar-refractivity contribution in [2.45, 2.75) is 44.2 Å². The fourth-order valence-electron chi connectivity index (χ4n) is 2.37. The maximum Gasteiger partial charge on any atom is 0.129 e. The summed E-state index contributed by atoms with van der Waals surface area (Å²) < 4.78 is 40.3. The van der Waals surface area contributed by atoms with E-state index >= 15 is 0 Å². The van der Waals surface area contributed by atoms with Crippen molar-refractivity contribution < 1.29 is 13.2 Å². The molecule has 0 amide bonds. The number of alkyl halides is 1. The number of hydrogen-bond acceptors (Lipinski definition) is 0. The Balaban J connectivity index is 2.13. The molecule has 1 saturated carbocycles. The molecule has 1 aliphatic rings. The number of rotatable bonds is 2. The number of benzene rings is 1. The molecule has 0 nitrogen and oxygen atoms in total. The van der Waals surface area contributed by atoms with E-state index in [0.717, 1.165) is 25.3 Å². The van der Waals surface area contributed by atoms with Gasteiger partial charge in [0.1, 0.15) is 17.3 Å². The summed E-state index contributed by atoms with van der Waals surface area (Å²) in [5.41, 5.74) is -1.01. The van der Waals surface area contributed by atoms with Crippen LogP contribution in [0.25, 0.3) is 0 Å². The van der Waals surface area contributed by atoms with E-state index in [1.165, 1.54) is 12.1 Å². The Morgan fingerprint density at radius 3 is 2.38 bits per heavy atom. The van der Waals surface area contributed by atoms with Crippen molar-refractivity contribution >= 4 is 0 Å². The highest BCUT2D eigenvalue weighted by Crippen LogP contribution is 2.35. The molecule has 0 unspecified atom stereocenters. The predicted molar refractivity (Wildman–Crippen MR) is 57.0 cm³/mol. The van der Waals surface area contributed by atoms with Crippen molar-refractivity contribution in [1.29, 1.82) is 0 Å². The first kappa shape index (κ1) is 11.5. The highest BCUT2D eigenvalue weighted by atomic mass is 19.1. The van der Waals surface area contributed by atoms with Crippen LogP contribution in [0.3, 0.4) is 0 Å². The zero-order valence-electron chi connectivity index (χ0n) is 9.11. The summed E-state index contributed by atoms with van der Waals surface area (Å²) >= 11 is 0. The molecule has 0 heterocycles. The van der Waals surface area contributed by atoms with Crippen LogP contribution >= 0.6 is 0 Å². The average molecular weight is 228 g/mol. The van der Waals surface area contributed by atoms with Gasteiger partial charge in [0.25, 0.3) is 0 Å². The summed E-state index contributed by atoms with van der Waals surface area (Å²) in [5.74, 6) is -1.25. The Bertz CT molecular complexity index is 367. The first-order valence-electron chi connectivity index (χ1n) is 5.72. The molecule has 0 bridgehead atoms. The van der Waals surface area contributed by atoms with Crippen LogP contribution < -0.4 is 0 Å². The van der Waals surface area contributed by atoms with Crippen LogP contribution in [0.5, 0.6) is 0 Å². The molecule has 0 spiro atoms. The summed E-state index contributed by atoms with van der Waals surface area (Å²) in [6, 6.07) is 3.35. The highest BCUT2D eigenvalue weighted by molar-refractivity contribution is 5.20. The second kappa shape index (κ2) is 4.48. The lowest BCUT2D eigenvalue weighted by atomic mass is 9.82. The van der Waals surface area contributed by atoms with Gasteiger partial charge in [0.05, 0.1) is 0 Å². The molecule has 0 N–H and O–H groups in total. The lowest BCUT2D eigenvalue weighted by molar-refractivity contribution is 0.106. The Morgan fingerprint density at radius 1 is 1.06 bits per heavy atom. The first-order chi connectivity index (χ1) is 7.59. The largest absolute Gasteiger partial charge is 0.244 e. The molecule has 0 aliphatic heterocycles. The summed E-state index contributed by atoms with van der Waals surface area (Å²) in [4.78, 5) is 0. The Kier molecular flexibility index (Phi) is 3.22. The van der Waals surface area contributed by atoms with Crippen LogP contribution in [0.4, 0.5) is 13.2 Å². The van der Waals surface area contributed by atoms with E-state index in [1.54, 1.807) is 0 Å². The molecule has 0 atom stereocenters. The van der Waals surface area contributed by atoms with Gasteiger partial charge in [-0.3, -0.25) is 0 Å². The molecule has 0 aromatic heterocycles. The van der Waals surface area contributed by atoms with Crippen molar-refractivity contribution in [2.24, 2.45) is 0 Å². The second-order valence-electron chi connectivity index (χ2n) is 4.62. The lowest BCUT2D eigenvalue weighted by Gasteiger charge is -2.29. The van der Waals surface area contributed by atoms with Crippen LogP contribution in [0.2, 0.25) is 0 Å². The van der Waals surface area contributed by atoms with E-state index in [0.29, 0.717) is 12.8 Å². The number of hydrogen-bond donors (Lipinski definition) is 0. The van der Waals surface area contributed by atoms with E-state index < -0.39 is 17.3 Å². The summed E-state index contributed by atoms with van der Waals surface area (Å²) in [6.07, 6.45) is 3.82. The maximum atomic E-state index is 14.3. The molecule has 0 radical (unpaired) electrons. The zero-order chi connectivity index (χ0) is 11.6. The van der Waals surface area contributed by atoms with Crippen molar-refractivity contribution in [1.82, 2.24) is 0 Å². The van der Waals surface area contributed by atoms with Crippen LogP contribution in [0.15, 0.2) is 18.2 Å². The SMILES string of the molecule is Fc1ccc(CC2(F)CCCCC2)c(F)c1. The molecule has 1 fully saturated rings. The monoisotopic (exact) mass is 228 g/mol. The normalized spacial score (nSPS) is 19.7. The molecular weight excluding hydrogens is 213 g/mol. The van der Waals surface area contributed by atoms with Crippen molar-refractivity contribution in [2.75, 3.05) is 0 Å². The smallest absolute Gasteiger partial charge is 0.129 e. The van der Waals surface area contributed by atoms with E-state index in [9.17, 15) is 13.2 Å². The van der Waals surface area contributed by atoms with Gasteiger partial charge in [0.15, 0.2) is 0 Å². The van der Waals surface area contributed by atoms with Gasteiger partial charge in [-0.05, 0) is 24.5 Å². The lowest BCUT2D eigenvalue weighted by Crippen LogP contribution is -2.29.